The fraction of sp³-hybridized carbons (Fsp3) is 0.565. The van der Waals surface area contributed by atoms with Crippen LogP contribution in [0, 0.1) is 0 Å². The molecule has 1 heterocycles. The van der Waals surface area contributed by atoms with E-state index in [-0.39, 0.29) is 6.42 Å². The van der Waals surface area contributed by atoms with Gasteiger partial charge in [0.05, 0.1) is 0 Å². The van der Waals surface area contributed by atoms with Gasteiger partial charge in [-0.15, -0.1) is 0 Å². The van der Waals surface area contributed by atoms with E-state index in [4.69, 9.17) is 9.47 Å². The number of ether oxygens (including phenoxy) is 2. The molecule has 1 unspecified atom stereocenters. The second kappa shape index (κ2) is 10.0. The van der Waals surface area contributed by atoms with Crippen molar-refractivity contribution in [3.8, 4) is 0 Å². The quantitative estimate of drug-likeness (QED) is 0.511. The fourth-order valence-electron chi connectivity index (χ4n) is 3.86. The van der Waals surface area contributed by atoms with Crippen LogP contribution in [0.15, 0.2) is 35.9 Å². The predicted molar refractivity (Wildman–Crippen MR) is 110 cm³/mol. The second-order valence-corrected chi connectivity index (χ2v) is 7.48. The van der Waals surface area contributed by atoms with Gasteiger partial charge in [-0.05, 0) is 30.4 Å². The van der Waals surface area contributed by atoms with Crippen LogP contribution < -0.4 is 0 Å². The molecule has 3 atom stereocenters. The number of carboxylic acids is 2. The highest BCUT2D eigenvalue weighted by molar-refractivity contribution is 5.88. The van der Waals surface area contributed by atoms with Crippen molar-refractivity contribution in [2.24, 2.45) is 0 Å². The summed E-state index contributed by atoms with van der Waals surface area (Å²) in [5, 5.41) is 19.5. The maximum absolute atomic E-state index is 12.1. The maximum atomic E-state index is 12.1. The Morgan fingerprint density at radius 3 is 2.21 bits per heavy atom. The summed E-state index contributed by atoms with van der Waals surface area (Å²) in [5.41, 5.74) is -0.194. The van der Waals surface area contributed by atoms with Crippen LogP contribution in [0.1, 0.15) is 71.3 Å². The molecular formula is C23H32O6. The van der Waals surface area contributed by atoms with Crippen molar-refractivity contribution in [1.29, 1.82) is 0 Å². The molecular weight excluding hydrogens is 372 g/mol. The van der Waals surface area contributed by atoms with Crippen molar-refractivity contribution in [3.63, 3.8) is 0 Å². The lowest BCUT2D eigenvalue weighted by molar-refractivity contribution is -0.186. The van der Waals surface area contributed by atoms with E-state index < -0.39 is 29.4 Å². The zero-order valence-electron chi connectivity index (χ0n) is 17.5. The van der Waals surface area contributed by atoms with E-state index in [0.29, 0.717) is 12.8 Å². The highest BCUT2D eigenvalue weighted by Gasteiger charge is 2.64. The topological polar surface area (TPSA) is 93.1 Å². The first kappa shape index (κ1) is 23.1. The molecule has 29 heavy (non-hydrogen) atoms. The van der Waals surface area contributed by atoms with Gasteiger partial charge in [-0.3, -0.25) is 0 Å². The normalized spacial score (nSPS) is 27.1. The highest BCUT2D eigenvalue weighted by atomic mass is 16.8. The Kier molecular flexibility index (Phi) is 7.99. The smallest absolute Gasteiger partial charge is 0.339 e. The van der Waals surface area contributed by atoms with Gasteiger partial charge in [-0.2, -0.15) is 0 Å². The molecule has 0 aliphatic carbocycles. The summed E-state index contributed by atoms with van der Waals surface area (Å²) in [6, 6.07) is 9.66. The average molecular weight is 405 g/mol. The SMILES string of the molecule is CCCCCCC(=Cc1ccccc1)C1(CC)O[C@@H](C(=O)O)[C@](CC)(C(=O)O)O1. The van der Waals surface area contributed by atoms with Crippen molar-refractivity contribution in [2.75, 3.05) is 0 Å². The van der Waals surface area contributed by atoms with Gasteiger partial charge < -0.3 is 19.7 Å². The number of benzene rings is 1. The third kappa shape index (κ3) is 4.87. The average Bonchev–Trinajstić information content (AvgIpc) is 3.09. The van der Waals surface area contributed by atoms with Gasteiger partial charge in [0.25, 0.3) is 0 Å². The number of rotatable bonds is 11. The number of hydrogen-bond acceptors (Lipinski definition) is 4. The Morgan fingerprint density at radius 2 is 1.72 bits per heavy atom. The molecule has 1 fully saturated rings. The fourth-order valence-corrected chi connectivity index (χ4v) is 3.86. The molecule has 0 aromatic heterocycles. The zero-order chi connectivity index (χ0) is 21.5. The van der Waals surface area contributed by atoms with E-state index in [1.54, 1.807) is 6.92 Å². The standard InChI is InChI=1S/C23H32O6/c1-4-7-8-12-15-18(16-17-13-10-9-11-14-17)23(6-3)28-19(20(24)25)22(5-2,29-23)21(26)27/h9-11,13-14,16,19H,4-8,12,15H2,1-3H3,(H,24,25)(H,26,27)/t19-,22+,23?/m0/s1. The van der Waals surface area contributed by atoms with Crippen LogP contribution in [0.4, 0.5) is 0 Å². The van der Waals surface area contributed by atoms with E-state index in [0.717, 1.165) is 36.8 Å². The molecule has 1 aromatic carbocycles. The molecule has 0 bridgehead atoms. The number of carboxylic acid groups (broad SMARTS) is 2. The second-order valence-electron chi connectivity index (χ2n) is 7.48. The molecule has 6 nitrogen and oxygen atoms in total. The molecule has 1 aliphatic rings. The van der Waals surface area contributed by atoms with Gasteiger partial charge in [-0.25, -0.2) is 9.59 Å². The molecule has 1 saturated heterocycles. The zero-order valence-corrected chi connectivity index (χ0v) is 17.5. The molecule has 1 aromatic rings. The predicted octanol–water partition coefficient (Wildman–Crippen LogP) is 4.88. The molecule has 0 spiro atoms. The number of aliphatic carboxylic acids is 2. The first-order valence-electron chi connectivity index (χ1n) is 10.5. The van der Waals surface area contributed by atoms with Gasteiger partial charge in [0.1, 0.15) is 0 Å². The van der Waals surface area contributed by atoms with Crippen LogP contribution in [0.25, 0.3) is 6.08 Å². The third-order valence-corrected chi connectivity index (χ3v) is 5.59. The summed E-state index contributed by atoms with van der Waals surface area (Å²) in [4.78, 5) is 23.9. The minimum atomic E-state index is -1.92. The lowest BCUT2D eigenvalue weighted by Crippen LogP contribution is -2.51. The van der Waals surface area contributed by atoms with Crippen LogP contribution in [-0.4, -0.2) is 39.6 Å². The number of hydrogen-bond donors (Lipinski definition) is 2. The number of unbranched alkanes of at least 4 members (excludes halogenated alkanes) is 3. The van der Waals surface area contributed by atoms with Gasteiger partial charge in [-0.1, -0.05) is 76.4 Å². The molecule has 1 aliphatic heterocycles. The number of carbonyl (C=O) groups is 2. The first-order valence-corrected chi connectivity index (χ1v) is 10.5. The van der Waals surface area contributed by atoms with Crippen LogP contribution in [0.5, 0.6) is 0 Å². The van der Waals surface area contributed by atoms with E-state index in [1.165, 1.54) is 0 Å². The van der Waals surface area contributed by atoms with Crippen LogP contribution >= 0.6 is 0 Å². The Hall–Kier alpha value is -2.18. The van der Waals surface area contributed by atoms with Crippen molar-refractivity contribution >= 4 is 18.0 Å². The monoisotopic (exact) mass is 404 g/mol. The van der Waals surface area contributed by atoms with Gasteiger partial charge in [0.15, 0.2) is 11.9 Å². The van der Waals surface area contributed by atoms with Crippen molar-refractivity contribution in [2.45, 2.75) is 83.2 Å². The lowest BCUT2D eigenvalue weighted by Gasteiger charge is -2.32. The van der Waals surface area contributed by atoms with E-state index in [9.17, 15) is 19.8 Å². The Bertz CT molecular complexity index is 728. The molecule has 160 valence electrons. The minimum absolute atomic E-state index is 0.00446. The summed E-state index contributed by atoms with van der Waals surface area (Å²) in [6.45, 7) is 5.58. The lowest BCUT2D eigenvalue weighted by atomic mass is 9.93. The van der Waals surface area contributed by atoms with Crippen LogP contribution in [0.2, 0.25) is 0 Å². The minimum Gasteiger partial charge on any atom is -0.479 e. The molecule has 0 saturated carbocycles. The van der Waals surface area contributed by atoms with Gasteiger partial charge in [0, 0.05) is 6.42 Å². The Morgan fingerprint density at radius 1 is 1.03 bits per heavy atom. The van der Waals surface area contributed by atoms with Crippen molar-refractivity contribution < 1.29 is 29.3 Å². The van der Waals surface area contributed by atoms with Gasteiger partial charge >= 0.3 is 11.9 Å². The Balaban J connectivity index is 2.49. The summed E-state index contributed by atoms with van der Waals surface area (Å²) < 4.78 is 12.0. The molecule has 0 radical (unpaired) electrons. The Labute approximate surface area is 172 Å². The summed E-state index contributed by atoms with van der Waals surface area (Å²) in [6.07, 6.45) is 5.46. The molecule has 6 heteroatoms. The summed E-state index contributed by atoms with van der Waals surface area (Å²) in [7, 11) is 0. The largest absolute Gasteiger partial charge is 0.479 e. The van der Waals surface area contributed by atoms with Crippen molar-refractivity contribution in [1.82, 2.24) is 0 Å². The third-order valence-electron chi connectivity index (χ3n) is 5.59. The van der Waals surface area contributed by atoms with Crippen LogP contribution in [0.3, 0.4) is 0 Å². The molecule has 0 amide bonds. The van der Waals surface area contributed by atoms with E-state index >= 15 is 0 Å². The van der Waals surface area contributed by atoms with Crippen LogP contribution in [-0.2, 0) is 19.1 Å². The van der Waals surface area contributed by atoms with Gasteiger partial charge in [0.2, 0.25) is 5.60 Å². The first-order chi connectivity index (χ1) is 13.8. The van der Waals surface area contributed by atoms with E-state index in [1.807, 2.05) is 43.3 Å². The maximum Gasteiger partial charge on any atom is 0.339 e. The molecule has 2 N–H and O–H groups in total. The summed E-state index contributed by atoms with van der Waals surface area (Å²) in [5.74, 6) is -4.01. The van der Waals surface area contributed by atoms with Crippen molar-refractivity contribution in [3.05, 3.63) is 41.5 Å². The van der Waals surface area contributed by atoms with E-state index in [2.05, 4.69) is 6.92 Å². The molecule has 2 rings (SSSR count). The highest BCUT2D eigenvalue weighted by Crippen LogP contribution is 2.47. The summed E-state index contributed by atoms with van der Waals surface area (Å²) >= 11 is 0.